The Labute approximate surface area is 243 Å². The van der Waals surface area contributed by atoms with E-state index in [4.69, 9.17) is 10.1 Å². The van der Waals surface area contributed by atoms with Crippen LogP contribution in [-0.4, -0.2) is 79.2 Å². The molecule has 0 bridgehead atoms. The zero-order valence-corrected chi connectivity index (χ0v) is 25.2. The van der Waals surface area contributed by atoms with E-state index in [0.717, 1.165) is 89.2 Å². The molecule has 7 heteroatoms. The summed E-state index contributed by atoms with van der Waals surface area (Å²) in [5, 5.41) is 20.0. The second kappa shape index (κ2) is 16.9. The fraction of sp³-hybridized carbons (Fsp3) is 0.667. The minimum absolute atomic E-state index is 0.281. The topological polar surface area (TPSA) is 75.2 Å². The minimum Gasteiger partial charge on any atom is -0.396 e. The third-order valence-corrected chi connectivity index (χ3v) is 8.59. The van der Waals surface area contributed by atoms with E-state index in [1.54, 1.807) is 0 Å². The van der Waals surface area contributed by atoms with Crippen molar-refractivity contribution in [2.75, 3.05) is 52.4 Å². The largest absolute Gasteiger partial charge is 0.396 e. The Hall–Kier alpha value is -2.19. The Morgan fingerprint density at radius 3 is 2.42 bits per heavy atom. The summed E-state index contributed by atoms with van der Waals surface area (Å²) in [7, 11) is 0. The van der Waals surface area contributed by atoms with Gasteiger partial charge in [-0.05, 0) is 81.8 Å². The Bertz CT molecular complexity index is 971. The third-order valence-electron chi connectivity index (χ3n) is 8.59. The van der Waals surface area contributed by atoms with Crippen LogP contribution in [0.25, 0.3) is 0 Å². The molecule has 2 aliphatic heterocycles. The van der Waals surface area contributed by atoms with Crippen molar-refractivity contribution in [1.82, 2.24) is 25.8 Å². The zero-order chi connectivity index (χ0) is 28.0. The Balaban J connectivity index is 1.17. The summed E-state index contributed by atoms with van der Waals surface area (Å²) in [6.07, 6.45) is 13.3. The van der Waals surface area contributed by atoms with E-state index >= 15 is 0 Å². The van der Waals surface area contributed by atoms with Crippen LogP contribution in [0.2, 0.25) is 0 Å². The van der Waals surface area contributed by atoms with Gasteiger partial charge < -0.3 is 26.0 Å². The van der Waals surface area contributed by atoms with Crippen molar-refractivity contribution in [2.45, 2.75) is 90.8 Å². The number of rotatable bonds is 13. The summed E-state index contributed by atoms with van der Waals surface area (Å²) < 4.78 is 0. The molecule has 0 radical (unpaired) electrons. The molecule has 222 valence electrons. The van der Waals surface area contributed by atoms with Gasteiger partial charge in [-0.25, -0.2) is 0 Å². The molecule has 1 saturated carbocycles. The summed E-state index contributed by atoms with van der Waals surface area (Å²) in [6, 6.07) is 9.68. The average Bonchev–Trinajstić information content (AvgIpc) is 2.98. The van der Waals surface area contributed by atoms with Gasteiger partial charge in [-0.3, -0.25) is 9.89 Å². The van der Waals surface area contributed by atoms with Crippen molar-refractivity contribution in [2.24, 2.45) is 4.99 Å². The van der Waals surface area contributed by atoms with E-state index in [1.165, 1.54) is 60.9 Å². The number of aliphatic hydroxyl groups is 1. The predicted molar refractivity (Wildman–Crippen MR) is 167 cm³/mol. The molecule has 1 aromatic rings. The maximum absolute atomic E-state index is 9.12. The van der Waals surface area contributed by atoms with Crippen LogP contribution in [0.15, 0.2) is 52.3 Å². The van der Waals surface area contributed by atoms with Crippen LogP contribution < -0.4 is 16.0 Å². The van der Waals surface area contributed by atoms with Crippen molar-refractivity contribution in [3.05, 3.63) is 58.4 Å². The van der Waals surface area contributed by atoms with Gasteiger partial charge >= 0.3 is 0 Å². The first kappa shape index (κ1) is 30.8. The molecule has 1 saturated heterocycles. The molecular formula is C33H54N6O. The van der Waals surface area contributed by atoms with Crippen molar-refractivity contribution < 1.29 is 5.11 Å². The molecule has 4 rings (SSSR count). The van der Waals surface area contributed by atoms with Crippen molar-refractivity contribution in [1.29, 1.82) is 0 Å². The van der Waals surface area contributed by atoms with Crippen LogP contribution in [0, 0.1) is 0 Å². The Morgan fingerprint density at radius 2 is 1.68 bits per heavy atom. The number of allylic oxidation sites excluding steroid dienone is 3. The monoisotopic (exact) mass is 550 g/mol. The van der Waals surface area contributed by atoms with Crippen LogP contribution in [0.4, 0.5) is 0 Å². The number of hydrogen-bond donors (Lipinski definition) is 4. The van der Waals surface area contributed by atoms with Crippen molar-refractivity contribution in [3.8, 4) is 0 Å². The Kier molecular flexibility index (Phi) is 13.0. The summed E-state index contributed by atoms with van der Waals surface area (Å²) in [5.74, 6) is 1.08. The second-order valence-electron chi connectivity index (χ2n) is 11.9. The van der Waals surface area contributed by atoms with E-state index < -0.39 is 0 Å². The maximum atomic E-state index is 9.12. The first-order valence-corrected chi connectivity index (χ1v) is 15.9. The molecule has 7 nitrogen and oxygen atoms in total. The maximum Gasteiger partial charge on any atom is 0.101 e. The molecule has 4 N–H and O–H groups in total. The van der Waals surface area contributed by atoms with Gasteiger partial charge in [0.25, 0.3) is 0 Å². The summed E-state index contributed by atoms with van der Waals surface area (Å²) in [5.41, 5.74) is 6.56. The Morgan fingerprint density at radius 1 is 0.925 bits per heavy atom. The van der Waals surface area contributed by atoms with E-state index in [-0.39, 0.29) is 6.61 Å². The second-order valence-corrected chi connectivity index (χ2v) is 11.9. The lowest BCUT2D eigenvalue weighted by Gasteiger charge is -2.38. The van der Waals surface area contributed by atoms with Crippen molar-refractivity contribution in [3.63, 3.8) is 0 Å². The number of benzene rings is 1. The third kappa shape index (κ3) is 10.3. The number of nitrogens with zero attached hydrogens (tertiary/aromatic N) is 3. The zero-order valence-electron chi connectivity index (χ0n) is 25.2. The van der Waals surface area contributed by atoms with Crippen LogP contribution in [-0.2, 0) is 13.1 Å². The highest BCUT2D eigenvalue weighted by Crippen LogP contribution is 2.22. The van der Waals surface area contributed by atoms with Gasteiger partial charge in [-0.15, -0.1) is 0 Å². The average molecular weight is 551 g/mol. The van der Waals surface area contributed by atoms with Gasteiger partial charge in [0.1, 0.15) is 5.84 Å². The lowest BCUT2D eigenvalue weighted by Crippen LogP contribution is -2.46. The number of nitrogens with one attached hydrogen (secondary N) is 3. The molecule has 2 fully saturated rings. The van der Waals surface area contributed by atoms with Crippen LogP contribution in [0.1, 0.15) is 82.8 Å². The number of piperazine rings is 1. The van der Waals surface area contributed by atoms with Gasteiger partial charge in [0.05, 0.1) is 6.54 Å². The molecule has 3 aliphatic rings. The van der Waals surface area contributed by atoms with Gasteiger partial charge in [0.2, 0.25) is 0 Å². The van der Waals surface area contributed by atoms with E-state index in [0.29, 0.717) is 6.54 Å². The predicted octanol–water partition coefficient (Wildman–Crippen LogP) is 4.55. The quantitative estimate of drug-likeness (QED) is 0.270. The van der Waals surface area contributed by atoms with E-state index in [1.807, 2.05) is 0 Å². The standard InChI is InChI=1S/C33H54N6O/c1-27-10-15-33(37-28(2)24-32(27)39-21-19-38(20-22-39)18-7-23-40)36-26-30-13-11-29(12-14-30)25-34-16-6-17-35-31-8-4-3-5-9-31/h11-14,24,31,34-35,40H,3-10,15-23,25-26H2,1-2H3,(H,36,37)/b28-24?,32-27+. The van der Waals surface area contributed by atoms with E-state index in [2.05, 4.69) is 69.9 Å². The summed E-state index contributed by atoms with van der Waals surface area (Å²) in [6.45, 7) is 13.8. The number of aliphatic imine (C=N–C) groups is 1. The highest BCUT2D eigenvalue weighted by molar-refractivity contribution is 5.84. The number of amidine groups is 1. The SMILES string of the molecule is CC1=C/C(N2CCN(CCCO)CC2)=C(/C)CCC(=NCc2ccc(CNCCCNC3CCCCC3)cc2)N1. The number of hydrogen-bond acceptors (Lipinski definition) is 6. The first-order valence-electron chi connectivity index (χ1n) is 15.9. The lowest BCUT2D eigenvalue weighted by molar-refractivity contribution is 0.149. The van der Waals surface area contributed by atoms with Crippen LogP contribution in [0.5, 0.6) is 0 Å². The molecule has 0 atom stereocenters. The normalized spacial score (nSPS) is 22.6. The molecule has 1 aromatic carbocycles. The highest BCUT2D eigenvalue weighted by Gasteiger charge is 2.20. The molecule has 0 spiro atoms. The highest BCUT2D eigenvalue weighted by atomic mass is 16.3. The fourth-order valence-corrected chi connectivity index (χ4v) is 6.08. The molecule has 1 aliphatic carbocycles. The van der Waals surface area contributed by atoms with Crippen LogP contribution in [0.3, 0.4) is 0 Å². The van der Waals surface area contributed by atoms with Gasteiger partial charge in [-0.2, -0.15) is 0 Å². The molecule has 2 heterocycles. The van der Waals surface area contributed by atoms with Crippen molar-refractivity contribution >= 4 is 5.84 Å². The van der Waals surface area contributed by atoms with Gasteiger partial charge in [0.15, 0.2) is 0 Å². The van der Waals surface area contributed by atoms with E-state index in [9.17, 15) is 0 Å². The van der Waals surface area contributed by atoms with Crippen LogP contribution >= 0.6 is 0 Å². The first-order chi connectivity index (χ1) is 19.6. The smallest absolute Gasteiger partial charge is 0.101 e. The van der Waals surface area contributed by atoms with Gasteiger partial charge in [-0.1, -0.05) is 43.5 Å². The molecule has 0 unspecified atom stereocenters. The minimum atomic E-state index is 0.281. The molecule has 0 aromatic heterocycles. The van der Waals surface area contributed by atoms with Gasteiger partial charge in [0, 0.05) is 69.7 Å². The molecule has 40 heavy (non-hydrogen) atoms. The summed E-state index contributed by atoms with van der Waals surface area (Å²) in [4.78, 5) is 9.95. The summed E-state index contributed by atoms with van der Waals surface area (Å²) >= 11 is 0. The lowest BCUT2D eigenvalue weighted by atomic mass is 9.95. The molecule has 0 amide bonds. The molecular weight excluding hydrogens is 496 g/mol. The fourth-order valence-electron chi connectivity index (χ4n) is 6.08. The number of aliphatic hydroxyl groups excluding tert-OH is 1.